The summed E-state index contributed by atoms with van der Waals surface area (Å²) in [4.78, 5) is 26.6. The van der Waals surface area contributed by atoms with E-state index < -0.39 is 6.09 Å². The number of nitrogens with zero attached hydrogens (tertiary/aromatic N) is 1. The second-order valence-corrected chi connectivity index (χ2v) is 4.18. The number of amides is 1. The molecule has 0 aliphatic carbocycles. The van der Waals surface area contributed by atoms with Crippen LogP contribution in [-0.2, 0) is 11.3 Å². The van der Waals surface area contributed by atoms with Crippen LogP contribution in [0.3, 0.4) is 0 Å². The first kappa shape index (κ1) is 13.7. The van der Waals surface area contributed by atoms with Gasteiger partial charge in [-0.2, -0.15) is 0 Å². The second-order valence-electron chi connectivity index (χ2n) is 4.18. The average molecular weight is 270 g/mol. The van der Waals surface area contributed by atoms with Gasteiger partial charge in [0.05, 0.1) is 0 Å². The van der Waals surface area contributed by atoms with Gasteiger partial charge in [-0.1, -0.05) is 30.3 Å². The predicted octanol–water partition coefficient (Wildman–Crippen LogP) is 3.03. The fourth-order valence-corrected chi connectivity index (χ4v) is 1.54. The summed E-state index contributed by atoms with van der Waals surface area (Å²) in [6, 6.07) is 12.5. The molecule has 0 radical (unpaired) electrons. The first-order valence-corrected chi connectivity index (χ1v) is 6.10. The number of hydrogen-bond acceptors (Lipinski definition) is 4. The van der Waals surface area contributed by atoms with Gasteiger partial charge in [0.2, 0.25) is 0 Å². The molecule has 0 spiro atoms. The van der Waals surface area contributed by atoms with E-state index in [1.807, 2.05) is 30.3 Å². The second kappa shape index (κ2) is 6.47. The van der Waals surface area contributed by atoms with Gasteiger partial charge in [0.25, 0.3) is 0 Å². The van der Waals surface area contributed by atoms with Crippen molar-refractivity contribution in [2.45, 2.75) is 13.5 Å². The molecule has 0 bridgehead atoms. The van der Waals surface area contributed by atoms with Gasteiger partial charge in [0, 0.05) is 11.8 Å². The molecule has 0 unspecified atom stereocenters. The summed E-state index contributed by atoms with van der Waals surface area (Å²) in [5.74, 6) is 0.267. The summed E-state index contributed by atoms with van der Waals surface area (Å²) in [5, 5.41) is 2.49. The van der Waals surface area contributed by atoms with Gasteiger partial charge in [-0.3, -0.25) is 10.1 Å². The molecule has 5 heteroatoms. The molecule has 0 aliphatic rings. The van der Waals surface area contributed by atoms with Gasteiger partial charge < -0.3 is 4.74 Å². The lowest BCUT2D eigenvalue weighted by molar-refractivity contribution is 0.101. The lowest BCUT2D eigenvalue weighted by Gasteiger charge is -2.06. The fraction of sp³-hybridized carbons (Fsp3) is 0.133. The zero-order valence-corrected chi connectivity index (χ0v) is 11.0. The molecule has 102 valence electrons. The number of ketones is 1. The normalized spacial score (nSPS) is 9.85. The van der Waals surface area contributed by atoms with Crippen LogP contribution in [0.5, 0.6) is 0 Å². The molecule has 1 aromatic heterocycles. The van der Waals surface area contributed by atoms with Crippen LogP contribution < -0.4 is 5.32 Å². The zero-order valence-electron chi connectivity index (χ0n) is 11.0. The van der Waals surface area contributed by atoms with Gasteiger partial charge in [-0.05, 0) is 24.6 Å². The largest absolute Gasteiger partial charge is 0.444 e. The van der Waals surface area contributed by atoms with Crippen molar-refractivity contribution in [2.75, 3.05) is 5.32 Å². The summed E-state index contributed by atoms with van der Waals surface area (Å²) in [5.41, 5.74) is 1.40. The lowest BCUT2D eigenvalue weighted by Crippen LogP contribution is -2.14. The average Bonchev–Trinajstić information content (AvgIpc) is 2.47. The molecule has 0 saturated heterocycles. The molecule has 0 fully saturated rings. The first-order chi connectivity index (χ1) is 9.65. The molecule has 0 saturated carbocycles. The third-order valence-corrected chi connectivity index (χ3v) is 2.61. The number of rotatable bonds is 4. The van der Waals surface area contributed by atoms with Crippen LogP contribution in [0.25, 0.3) is 0 Å². The Morgan fingerprint density at radius 1 is 1.15 bits per heavy atom. The van der Waals surface area contributed by atoms with Crippen molar-refractivity contribution in [3.05, 3.63) is 59.8 Å². The van der Waals surface area contributed by atoms with Crippen molar-refractivity contribution in [3.8, 4) is 0 Å². The van der Waals surface area contributed by atoms with E-state index in [0.29, 0.717) is 11.4 Å². The summed E-state index contributed by atoms with van der Waals surface area (Å²) in [6.45, 7) is 1.65. The molecule has 1 N–H and O–H groups in total. The molecule has 20 heavy (non-hydrogen) atoms. The van der Waals surface area contributed by atoms with Gasteiger partial charge in [0.15, 0.2) is 5.78 Å². The molecule has 2 rings (SSSR count). The Morgan fingerprint density at radius 2 is 1.90 bits per heavy atom. The standard InChI is InChI=1S/C15H14N2O3/c1-11(18)13-7-8-14(16-9-13)17-15(19)20-10-12-5-3-2-4-6-12/h2-9H,10H2,1H3,(H,16,17,19). The Balaban J connectivity index is 1.86. The monoisotopic (exact) mass is 270 g/mol. The molecule has 0 aliphatic heterocycles. The minimum absolute atomic E-state index is 0.0734. The highest BCUT2D eigenvalue weighted by Gasteiger charge is 2.05. The number of Topliss-reactive ketones (excluding diaryl/α,β-unsaturated/α-hetero) is 1. The number of carbonyl (C=O) groups excluding carboxylic acids is 2. The molecule has 5 nitrogen and oxygen atoms in total. The number of ether oxygens (including phenoxy) is 1. The van der Waals surface area contributed by atoms with Crippen LogP contribution in [-0.4, -0.2) is 16.9 Å². The van der Waals surface area contributed by atoms with E-state index in [1.165, 1.54) is 13.1 Å². The van der Waals surface area contributed by atoms with E-state index in [1.54, 1.807) is 12.1 Å². The predicted molar refractivity (Wildman–Crippen MR) is 74.5 cm³/mol. The quantitative estimate of drug-likeness (QED) is 0.867. The number of nitrogens with one attached hydrogen (secondary N) is 1. The maximum absolute atomic E-state index is 11.6. The number of aromatic nitrogens is 1. The van der Waals surface area contributed by atoms with Gasteiger partial charge >= 0.3 is 6.09 Å². The number of hydrogen-bond donors (Lipinski definition) is 1. The van der Waals surface area contributed by atoms with E-state index >= 15 is 0 Å². The number of anilines is 1. The van der Waals surface area contributed by atoms with Crippen molar-refractivity contribution in [3.63, 3.8) is 0 Å². The summed E-state index contributed by atoms with van der Waals surface area (Å²) in [7, 11) is 0. The molecule has 1 aromatic carbocycles. The highest BCUT2D eigenvalue weighted by atomic mass is 16.5. The SMILES string of the molecule is CC(=O)c1ccc(NC(=O)OCc2ccccc2)nc1. The van der Waals surface area contributed by atoms with Crippen molar-refractivity contribution in [2.24, 2.45) is 0 Å². The number of carbonyl (C=O) groups is 2. The van der Waals surface area contributed by atoms with Crippen molar-refractivity contribution in [1.29, 1.82) is 0 Å². The summed E-state index contributed by atoms with van der Waals surface area (Å²) < 4.78 is 5.05. The maximum atomic E-state index is 11.6. The summed E-state index contributed by atoms with van der Waals surface area (Å²) >= 11 is 0. The minimum Gasteiger partial charge on any atom is -0.444 e. The van der Waals surface area contributed by atoms with E-state index in [4.69, 9.17) is 4.74 Å². The van der Waals surface area contributed by atoms with Crippen molar-refractivity contribution in [1.82, 2.24) is 4.98 Å². The number of benzene rings is 1. The molecular weight excluding hydrogens is 256 g/mol. The smallest absolute Gasteiger partial charge is 0.413 e. The first-order valence-electron chi connectivity index (χ1n) is 6.10. The van der Waals surface area contributed by atoms with E-state index in [2.05, 4.69) is 10.3 Å². The molecular formula is C15H14N2O3. The fourth-order valence-electron chi connectivity index (χ4n) is 1.54. The van der Waals surface area contributed by atoms with E-state index in [9.17, 15) is 9.59 Å². The highest BCUT2D eigenvalue weighted by molar-refractivity contribution is 5.94. The Labute approximate surface area is 116 Å². The highest BCUT2D eigenvalue weighted by Crippen LogP contribution is 2.07. The molecule has 1 heterocycles. The minimum atomic E-state index is -0.586. The van der Waals surface area contributed by atoms with Gasteiger partial charge in [0.1, 0.15) is 12.4 Å². The van der Waals surface area contributed by atoms with Crippen LogP contribution in [0.2, 0.25) is 0 Å². The Bertz CT molecular complexity index is 594. The number of pyridine rings is 1. The van der Waals surface area contributed by atoms with Crippen LogP contribution in [0.4, 0.5) is 10.6 Å². The Morgan fingerprint density at radius 3 is 2.50 bits per heavy atom. The Kier molecular flexibility index (Phi) is 4.44. The van der Waals surface area contributed by atoms with Gasteiger partial charge in [-0.15, -0.1) is 0 Å². The maximum Gasteiger partial charge on any atom is 0.413 e. The van der Waals surface area contributed by atoms with E-state index in [0.717, 1.165) is 5.56 Å². The van der Waals surface area contributed by atoms with Crippen molar-refractivity contribution >= 4 is 17.7 Å². The molecule has 2 aromatic rings. The molecule has 0 atom stereocenters. The zero-order chi connectivity index (χ0) is 14.4. The lowest BCUT2D eigenvalue weighted by atomic mass is 10.2. The van der Waals surface area contributed by atoms with Crippen LogP contribution >= 0.6 is 0 Å². The Hall–Kier alpha value is -2.69. The third kappa shape index (κ3) is 3.91. The molecule has 1 amide bonds. The third-order valence-electron chi connectivity index (χ3n) is 2.61. The summed E-state index contributed by atoms with van der Waals surface area (Å²) in [6.07, 6.45) is 0.826. The van der Waals surface area contributed by atoms with E-state index in [-0.39, 0.29) is 12.4 Å². The van der Waals surface area contributed by atoms with Crippen LogP contribution in [0.1, 0.15) is 22.8 Å². The van der Waals surface area contributed by atoms with Crippen LogP contribution in [0.15, 0.2) is 48.7 Å². The topological polar surface area (TPSA) is 68.3 Å². The van der Waals surface area contributed by atoms with Gasteiger partial charge in [-0.25, -0.2) is 9.78 Å². The van der Waals surface area contributed by atoms with Crippen molar-refractivity contribution < 1.29 is 14.3 Å². The van der Waals surface area contributed by atoms with Crippen LogP contribution in [0, 0.1) is 0 Å².